The van der Waals surface area contributed by atoms with E-state index in [-0.39, 0.29) is 36.4 Å². The minimum Gasteiger partial charge on any atom is -0.467 e. The fourth-order valence-corrected chi connectivity index (χ4v) is 3.16. The minimum absolute atomic E-state index is 0.0574. The Bertz CT molecular complexity index is 553. The van der Waals surface area contributed by atoms with E-state index in [4.69, 9.17) is 20.8 Å². The monoisotopic (exact) mass is 354 g/mol. The van der Waals surface area contributed by atoms with E-state index in [1.165, 1.54) is 0 Å². The zero-order chi connectivity index (χ0) is 16.9. The standard InChI is InChI=1S/C17H23ClN2O4/c18-9-16(21)20(13-5-6-13)12-17(22)19(10-14-3-1-7-23-14)11-15-4-2-8-24-15/h1,3,7,13,15H,2,4-6,8-12H2/t15-/m1/s1. The molecule has 2 amide bonds. The van der Waals surface area contributed by atoms with E-state index in [1.807, 2.05) is 6.07 Å². The fraction of sp³-hybridized carbons (Fsp3) is 0.647. The highest BCUT2D eigenvalue weighted by molar-refractivity contribution is 6.27. The SMILES string of the molecule is O=C(CN(C(=O)CCl)C1CC1)N(Cc1ccco1)C[C@H]1CCCO1. The second-order valence-corrected chi connectivity index (χ2v) is 6.64. The molecule has 1 saturated heterocycles. The maximum atomic E-state index is 12.8. The molecule has 132 valence electrons. The summed E-state index contributed by atoms with van der Waals surface area (Å²) in [5, 5.41) is 0. The lowest BCUT2D eigenvalue weighted by molar-refractivity contribution is -0.141. The van der Waals surface area contributed by atoms with Crippen LogP contribution in [-0.4, -0.2) is 59.3 Å². The van der Waals surface area contributed by atoms with Crippen molar-refractivity contribution in [3.63, 3.8) is 0 Å². The van der Waals surface area contributed by atoms with Crippen LogP contribution in [0.25, 0.3) is 0 Å². The molecule has 1 aliphatic heterocycles. The van der Waals surface area contributed by atoms with E-state index in [0.717, 1.165) is 38.1 Å². The molecule has 0 spiro atoms. The molecule has 2 heterocycles. The maximum absolute atomic E-state index is 12.8. The first-order valence-corrected chi connectivity index (χ1v) is 8.98. The summed E-state index contributed by atoms with van der Waals surface area (Å²) in [6, 6.07) is 3.81. The van der Waals surface area contributed by atoms with Crippen LogP contribution in [0.1, 0.15) is 31.4 Å². The number of hydrogen-bond acceptors (Lipinski definition) is 4. The summed E-state index contributed by atoms with van der Waals surface area (Å²) < 4.78 is 11.0. The van der Waals surface area contributed by atoms with Crippen LogP contribution in [0.5, 0.6) is 0 Å². The van der Waals surface area contributed by atoms with Crippen molar-refractivity contribution in [2.24, 2.45) is 0 Å². The second-order valence-electron chi connectivity index (χ2n) is 6.38. The minimum atomic E-state index is -0.178. The Hall–Kier alpha value is -1.53. The van der Waals surface area contributed by atoms with Gasteiger partial charge in [-0.05, 0) is 37.8 Å². The average molecular weight is 355 g/mol. The topological polar surface area (TPSA) is 63.0 Å². The van der Waals surface area contributed by atoms with Gasteiger partial charge < -0.3 is 19.0 Å². The van der Waals surface area contributed by atoms with Crippen LogP contribution in [0, 0.1) is 0 Å². The third-order valence-corrected chi connectivity index (χ3v) is 4.68. The molecule has 1 atom stereocenters. The van der Waals surface area contributed by atoms with E-state index in [1.54, 1.807) is 22.1 Å². The normalized spacial score (nSPS) is 20.1. The van der Waals surface area contributed by atoms with Crippen LogP contribution in [0.2, 0.25) is 0 Å². The Morgan fingerprint density at radius 1 is 1.25 bits per heavy atom. The van der Waals surface area contributed by atoms with Crippen LogP contribution in [-0.2, 0) is 20.9 Å². The first-order chi connectivity index (χ1) is 11.7. The highest BCUT2D eigenvalue weighted by Crippen LogP contribution is 2.27. The molecule has 2 aliphatic rings. The number of rotatable bonds is 8. The van der Waals surface area contributed by atoms with Gasteiger partial charge in [0.25, 0.3) is 0 Å². The molecular formula is C17H23ClN2O4. The quantitative estimate of drug-likeness (QED) is 0.670. The Labute approximate surface area is 146 Å². The molecule has 1 aromatic heterocycles. The smallest absolute Gasteiger partial charge is 0.242 e. The fourth-order valence-electron chi connectivity index (χ4n) is 3.01. The first kappa shape index (κ1) is 17.3. The Morgan fingerprint density at radius 3 is 2.67 bits per heavy atom. The van der Waals surface area contributed by atoms with Gasteiger partial charge in [-0.15, -0.1) is 11.6 Å². The van der Waals surface area contributed by atoms with Crippen molar-refractivity contribution in [1.29, 1.82) is 0 Å². The number of furan rings is 1. The lowest BCUT2D eigenvalue weighted by Gasteiger charge is -2.28. The number of halogens is 1. The van der Waals surface area contributed by atoms with Crippen LogP contribution in [0.4, 0.5) is 0 Å². The molecule has 7 heteroatoms. The number of nitrogens with zero attached hydrogens (tertiary/aromatic N) is 2. The van der Waals surface area contributed by atoms with Crippen molar-refractivity contribution in [3.8, 4) is 0 Å². The van der Waals surface area contributed by atoms with Gasteiger partial charge in [0, 0.05) is 19.2 Å². The molecule has 3 rings (SSSR count). The Balaban J connectivity index is 1.65. The van der Waals surface area contributed by atoms with Crippen LogP contribution in [0.3, 0.4) is 0 Å². The van der Waals surface area contributed by atoms with Gasteiger partial charge in [-0.25, -0.2) is 0 Å². The molecule has 1 aliphatic carbocycles. The summed E-state index contributed by atoms with van der Waals surface area (Å²) in [5.74, 6) is 0.367. The van der Waals surface area contributed by atoms with Gasteiger partial charge in [-0.3, -0.25) is 9.59 Å². The molecule has 1 saturated carbocycles. The highest BCUT2D eigenvalue weighted by atomic mass is 35.5. The van der Waals surface area contributed by atoms with Gasteiger partial charge in [-0.2, -0.15) is 0 Å². The predicted molar refractivity (Wildman–Crippen MR) is 88.6 cm³/mol. The average Bonchev–Trinajstić information content (AvgIpc) is 3.06. The molecule has 0 radical (unpaired) electrons. The third kappa shape index (κ3) is 4.51. The van der Waals surface area contributed by atoms with Crippen LogP contribution >= 0.6 is 11.6 Å². The highest BCUT2D eigenvalue weighted by Gasteiger charge is 2.35. The van der Waals surface area contributed by atoms with Crippen LogP contribution < -0.4 is 0 Å². The molecule has 0 bridgehead atoms. The van der Waals surface area contributed by atoms with Gasteiger partial charge >= 0.3 is 0 Å². The Kier molecular flexibility index (Phi) is 5.79. The van der Waals surface area contributed by atoms with Gasteiger partial charge in [-0.1, -0.05) is 0 Å². The summed E-state index contributed by atoms with van der Waals surface area (Å²) >= 11 is 5.68. The molecule has 0 aromatic carbocycles. The lowest BCUT2D eigenvalue weighted by atomic mass is 10.2. The number of hydrogen-bond donors (Lipinski definition) is 0. The summed E-state index contributed by atoms with van der Waals surface area (Å²) in [5.41, 5.74) is 0. The van der Waals surface area contributed by atoms with Crippen LogP contribution in [0.15, 0.2) is 22.8 Å². The molecule has 0 N–H and O–H groups in total. The Morgan fingerprint density at radius 2 is 2.08 bits per heavy atom. The molecule has 0 unspecified atom stereocenters. The second kappa shape index (κ2) is 8.03. The summed E-state index contributed by atoms with van der Waals surface area (Å²) in [6.45, 7) is 1.72. The van der Waals surface area contributed by atoms with Gasteiger partial charge in [0.15, 0.2) is 0 Å². The summed E-state index contributed by atoms with van der Waals surface area (Å²) in [4.78, 5) is 28.1. The molecule has 2 fully saturated rings. The zero-order valence-corrected chi connectivity index (χ0v) is 14.4. The van der Waals surface area contributed by atoms with E-state index >= 15 is 0 Å². The van der Waals surface area contributed by atoms with Crippen molar-refractivity contribution >= 4 is 23.4 Å². The van der Waals surface area contributed by atoms with E-state index in [2.05, 4.69) is 0 Å². The number of amides is 2. The zero-order valence-electron chi connectivity index (χ0n) is 13.7. The van der Waals surface area contributed by atoms with Gasteiger partial charge in [0.2, 0.25) is 11.8 Å². The summed E-state index contributed by atoms with van der Waals surface area (Å²) in [7, 11) is 0. The van der Waals surface area contributed by atoms with E-state index < -0.39 is 0 Å². The first-order valence-electron chi connectivity index (χ1n) is 8.44. The van der Waals surface area contributed by atoms with Crippen molar-refractivity contribution in [1.82, 2.24) is 9.80 Å². The van der Waals surface area contributed by atoms with E-state index in [0.29, 0.717) is 13.1 Å². The van der Waals surface area contributed by atoms with Crippen molar-refractivity contribution in [3.05, 3.63) is 24.2 Å². The lowest BCUT2D eigenvalue weighted by Crippen LogP contribution is -2.46. The number of carbonyl (C=O) groups is 2. The predicted octanol–water partition coefficient (Wildman–Crippen LogP) is 2.02. The van der Waals surface area contributed by atoms with E-state index in [9.17, 15) is 9.59 Å². The maximum Gasteiger partial charge on any atom is 0.242 e. The van der Waals surface area contributed by atoms with Gasteiger partial charge in [0.1, 0.15) is 18.2 Å². The third-order valence-electron chi connectivity index (χ3n) is 4.46. The molecule has 6 nitrogen and oxygen atoms in total. The largest absolute Gasteiger partial charge is 0.467 e. The summed E-state index contributed by atoms with van der Waals surface area (Å²) in [6.07, 6.45) is 5.51. The van der Waals surface area contributed by atoms with Gasteiger partial charge in [0.05, 0.1) is 18.9 Å². The van der Waals surface area contributed by atoms with Crippen molar-refractivity contribution in [2.75, 3.05) is 25.6 Å². The number of carbonyl (C=O) groups excluding carboxylic acids is 2. The molecule has 24 heavy (non-hydrogen) atoms. The van der Waals surface area contributed by atoms with Crippen molar-refractivity contribution < 1.29 is 18.7 Å². The number of ether oxygens (including phenoxy) is 1. The molecular weight excluding hydrogens is 332 g/mol. The molecule has 1 aromatic rings. The number of alkyl halides is 1. The van der Waals surface area contributed by atoms with Crippen molar-refractivity contribution in [2.45, 2.75) is 44.4 Å².